The fourth-order valence-electron chi connectivity index (χ4n) is 1.01. The van der Waals surface area contributed by atoms with Crippen molar-refractivity contribution in [3.63, 3.8) is 0 Å². The van der Waals surface area contributed by atoms with Gasteiger partial charge in [-0.25, -0.2) is 8.78 Å². The normalized spacial score (nSPS) is 15.8. The second kappa shape index (κ2) is 6.86. The molecule has 102 valence electrons. The van der Waals surface area contributed by atoms with E-state index in [-0.39, 0.29) is 18.0 Å². The molecule has 0 bridgehead atoms. The van der Waals surface area contributed by atoms with E-state index in [0.29, 0.717) is 0 Å². The van der Waals surface area contributed by atoms with Crippen LogP contribution in [0, 0.1) is 0 Å². The van der Waals surface area contributed by atoms with E-state index in [4.69, 9.17) is 5.11 Å². The third kappa shape index (κ3) is 6.53. The average molecular weight is 252 g/mol. The number of nitrogens with one attached hydrogen (secondary N) is 2. The van der Waals surface area contributed by atoms with Crippen LogP contribution in [0.4, 0.5) is 8.78 Å². The summed E-state index contributed by atoms with van der Waals surface area (Å²) in [5.74, 6) is -0.265. The van der Waals surface area contributed by atoms with Crippen molar-refractivity contribution in [2.75, 3.05) is 6.54 Å². The molecule has 0 aromatic heterocycles. The highest BCUT2D eigenvalue weighted by atomic mass is 19.3. The lowest BCUT2D eigenvalue weighted by Crippen LogP contribution is -2.52. The quantitative estimate of drug-likeness (QED) is 0.631. The Morgan fingerprint density at radius 2 is 1.94 bits per heavy atom. The van der Waals surface area contributed by atoms with Crippen LogP contribution in [-0.4, -0.2) is 41.7 Å². The topological polar surface area (TPSA) is 61.4 Å². The van der Waals surface area contributed by atoms with Crippen LogP contribution in [0.1, 0.15) is 34.1 Å². The summed E-state index contributed by atoms with van der Waals surface area (Å²) in [6, 6.07) is -0.616. The minimum atomic E-state index is -2.80. The molecule has 0 radical (unpaired) electrons. The van der Waals surface area contributed by atoms with Gasteiger partial charge in [0.05, 0.1) is 6.04 Å². The summed E-state index contributed by atoms with van der Waals surface area (Å²) in [6.45, 7) is 6.97. The van der Waals surface area contributed by atoms with E-state index in [2.05, 4.69) is 10.6 Å². The molecule has 6 heteroatoms. The number of aliphatic hydroxyl groups excluding tert-OH is 1. The Morgan fingerprint density at radius 1 is 1.41 bits per heavy atom. The van der Waals surface area contributed by atoms with Crippen molar-refractivity contribution in [1.29, 1.82) is 0 Å². The molecule has 0 heterocycles. The Bertz CT molecular complexity index is 248. The van der Waals surface area contributed by atoms with E-state index in [1.165, 1.54) is 0 Å². The van der Waals surface area contributed by atoms with Crippen LogP contribution in [-0.2, 0) is 4.79 Å². The summed E-state index contributed by atoms with van der Waals surface area (Å²) in [5.41, 5.74) is -0.325. The number of rotatable bonds is 7. The van der Waals surface area contributed by atoms with Gasteiger partial charge < -0.3 is 15.7 Å². The number of aliphatic hydroxyl groups is 1. The minimum Gasteiger partial charge on any atom is -0.386 e. The number of halogens is 2. The fraction of sp³-hybridized carbons (Fsp3) is 0.909. The molecule has 2 atom stereocenters. The molecule has 17 heavy (non-hydrogen) atoms. The summed E-state index contributed by atoms with van der Waals surface area (Å²) in [6.07, 6.45) is -3.78. The molecule has 4 nitrogen and oxygen atoms in total. The number of amides is 1. The molecule has 0 rings (SSSR count). The van der Waals surface area contributed by atoms with Crippen LogP contribution in [0.5, 0.6) is 0 Å². The third-order valence-corrected chi connectivity index (χ3v) is 2.66. The number of carbonyl (C=O) groups excluding carboxylic acids is 1. The van der Waals surface area contributed by atoms with E-state index in [1.54, 1.807) is 6.92 Å². The van der Waals surface area contributed by atoms with Crippen molar-refractivity contribution in [2.45, 2.75) is 58.2 Å². The maximum atomic E-state index is 12.0. The standard InChI is InChI=1S/C11H22F2N2O2/c1-5-11(3,4)15-10(17)7(2)14-6-8(16)9(12)13/h7-9,14,16H,5-6H2,1-4H3,(H,15,17). The van der Waals surface area contributed by atoms with Crippen LogP contribution in [0.15, 0.2) is 0 Å². The first kappa shape index (κ1) is 16.2. The fourth-order valence-corrected chi connectivity index (χ4v) is 1.01. The van der Waals surface area contributed by atoms with Gasteiger partial charge >= 0.3 is 0 Å². The Labute approximate surface area is 101 Å². The molecule has 0 saturated heterocycles. The number of carbonyl (C=O) groups is 1. The maximum absolute atomic E-state index is 12.0. The van der Waals surface area contributed by atoms with E-state index < -0.39 is 18.6 Å². The molecule has 0 aromatic carbocycles. The summed E-state index contributed by atoms with van der Waals surface area (Å²) in [7, 11) is 0. The molecule has 2 unspecified atom stereocenters. The van der Waals surface area contributed by atoms with Crippen molar-refractivity contribution >= 4 is 5.91 Å². The van der Waals surface area contributed by atoms with E-state index in [1.807, 2.05) is 20.8 Å². The highest BCUT2D eigenvalue weighted by molar-refractivity contribution is 5.81. The lowest BCUT2D eigenvalue weighted by molar-refractivity contribution is -0.124. The summed E-state index contributed by atoms with van der Waals surface area (Å²) in [5, 5.41) is 14.2. The van der Waals surface area contributed by atoms with Crippen LogP contribution in [0.25, 0.3) is 0 Å². The zero-order valence-corrected chi connectivity index (χ0v) is 10.8. The third-order valence-electron chi connectivity index (χ3n) is 2.66. The maximum Gasteiger partial charge on any atom is 0.265 e. The lowest BCUT2D eigenvalue weighted by Gasteiger charge is -2.27. The van der Waals surface area contributed by atoms with Gasteiger partial charge in [-0.15, -0.1) is 0 Å². The van der Waals surface area contributed by atoms with E-state index >= 15 is 0 Å². The lowest BCUT2D eigenvalue weighted by atomic mass is 10.0. The Hall–Kier alpha value is -0.750. The SMILES string of the molecule is CCC(C)(C)NC(=O)C(C)NCC(O)C(F)F. The van der Waals surface area contributed by atoms with Gasteiger partial charge in [0.25, 0.3) is 6.43 Å². The van der Waals surface area contributed by atoms with Crippen molar-refractivity contribution in [3.8, 4) is 0 Å². The summed E-state index contributed by atoms with van der Waals surface area (Å²) in [4.78, 5) is 11.7. The number of alkyl halides is 2. The van der Waals surface area contributed by atoms with Gasteiger partial charge in [0.15, 0.2) is 0 Å². The second-order valence-electron chi connectivity index (χ2n) is 4.76. The first-order valence-corrected chi connectivity index (χ1v) is 5.71. The van der Waals surface area contributed by atoms with Crippen molar-refractivity contribution < 1.29 is 18.7 Å². The molecule has 1 amide bonds. The van der Waals surface area contributed by atoms with Gasteiger partial charge in [-0.3, -0.25) is 4.79 Å². The Kier molecular flexibility index (Phi) is 6.56. The van der Waals surface area contributed by atoms with Gasteiger partial charge in [-0.2, -0.15) is 0 Å². The predicted octanol–water partition coefficient (Wildman–Crippen LogP) is 0.895. The summed E-state index contributed by atoms with van der Waals surface area (Å²) >= 11 is 0. The van der Waals surface area contributed by atoms with E-state index in [9.17, 15) is 13.6 Å². The molecule has 0 aliphatic carbocycles. The molecular formula is C11H22F2N2O2. The van der Waals surface area contributed by atoms with Gasteiger partial charge in [-0.1, -0.05) is 6.92 Å². The molecular weight excluding hydrogens is 230 g/mol. The molecule has 0 aliphatic rings. The van der Waals surface area contributed by atoms with Crippen LogP contribution in [0.3, 0.4) is 0 Å². The average Bonchev–Trinajstić information content (AvgIpc) is 2.24. The predicted molar refractivity (Wildman–Crippen MR) is 62.0 cm³/mol. The largest absolute Gasteiger partial charge is 0.386 e. The zero-order chi connectivity index (χ0) is 13.6. The molecule has 0 spiro atoms. The minimum absolute atomic E-state index is 0.265. The number of hydrogen-bond donors (Lipinski definition) is 3. The van der Waals surface area contributed by atoms with Crippen molar-refractivity contribution in [1.82, 2.24) is 10.6 Å². The Balaban J connectivity index is 4.07. The van der Waals surface area contributed by atoms with Gasteiger partial charge in [-0.05, 0) is 27.2 Å². The van der Waals surface area contributed by atoms with Crippen molar-refractivity contribution in [3.05, 3.63) is 0 Å². The molecule has 0 aromatic rings. The first-order valence-electron chi connectivity index (χ1n) is 5.71. The van der Waals surface area contributed by atoms with Crippen LogP contribution < -0.4 is 10.6 Å². The Morgan fingerprint density at radius 3 is 2.35 bits per heavy atom. The van der Waals surface area contributed by atoms with Crippen LogP contribution >= 0.6 is 0 Å². The summed E-state index contributed by atoms with van der Waals surface area (Å²) < 4.78 is 24.0. The molecule has 0 aliphatic heterocycles. The molecule has 3 N–H and O–H groups in total. The van der Waals surface area contributed by atoms with Crippen molar-refractivity contribution in [2.24, 2.45) is 0 Å². The number of hydrogen-bond acceptors (Lipinski definition) is 3. The first-order chi connectivity index (χ1) is 7.69. The van der Waals surface area contributed by atoms with Gasteiger partial charge in [0.1, 0.15) is 6.10 Å². The van der Waals surface area contributed by atoms with Gasteiger partial charge in [0.2, 0.25) is 5.91 Å². The van der Waals surface area contributed by atoms with Gasteiger partial charge in [0, 0.05) is 12.1 Å². The second-order valence-corrected chi connectivity index (χ2v) is 4.76. The zero-order valence-electron chi connectivity index (χ0n) is 10.8. The monoisotopic (exact) mass is 252 g/mol. The molecule has 0 saturated carbocycles. The highest BCUT2D eigenvalue weighted by Crippen LogP contribution is 2.07. The smallest absolute Gasteiger partial charge is 0.265 e. The highest BCUT2D eigenvalue weighted by Gasteiger charge is 2.23. The molecule has 0 fully saturated rings. The van der Waals surface area contributed by atoms with E-state index in [0.717, 1.165) is 6.42 Å². The van der Waals surface area contributed by atoms with Crippen LogP contribution in [0.2, 0.25) is 0 Å².